The van der Waals surface area contributed by atoms with Crippen LogP contribution in [0.4, 0.5) is 5.69 Å². The molecule has 1 aliphatic heterocycles. The van der Waals surface area contributed by atoms with Crippen LogP contribution in [0, 0.1) is 23.7 Å². The number of hydrogen-bond donors (Lipinski definition) is 1. The average Bonchev–Trinajstić information content (AvgIpc) is 3.49. The fourth-order valence-corrected chi connectivity index (χ4v) is 5.63. The van der Waals surface area contributed by atoms with E-state index < -0.39 is 18.0 Å². The molecule has 1 heterocycles. The van der Waals surface area contributed by atoms with Gasteiger partial charge in [-0.1, -0.05) is 18.6 Å². The van der Waals surface area contributed by atoms with Crippen molar-refractivity contribution in [2.75, 3.05) is 18.6 Å². The number of amides is 2. The number of hydrogen-bond acceptors (Lipinski definition) is 5. The van der Waals surface area contributed by atoms with E-state index in [2.05, 4.69) is 12.2 Å². The van der Waals surface area contributed by atoms with Crippen LogP contribution in [-0.4, -0.2) is 43.6 Å². The van der Waals surface area contributed by atoms with Gasteiger partial charge in [0.25, 0.3) is 5.91 Å². The van der Waals surface area contributed by atoms with Crippen LogP contribution in [0.2, 0.25) is 0 Å². The van der Waals surface area contributed by atoms with Gasteiger partial charge in [-0.2, -0.15) is 0 Å². The van der Waals surface area contributed by atoms with E-state index in [4.69, 9.17) is 9.47 Å². The molecule has 6 atom stereocenters. The number of benzene rings is 1. The van der Waals surface area contributed by atoms with Gasteiger partial charge in [0.1, 0.15) is 5.75 Å². The molecule has 1 N–H and O–H groups in total. The van der Waals surface area contributed by atoms with E-state index in [0.717, 1.165) is 5.92 Å². The number of para-hydroxylation sites is 2. The predicted molar refractivity (Wildman–Crippen MR) is 116 cm³/mol. The maximum Gasteiger partial charge on any atom is 0.312 e. The lowest BCUT2D eigenvalue weighted by Gasteiger charge is -2.29. The Morgan fingerprint density at radius 1 is 1.16 bits per heavy atom. The van der Waals surface area contributed by atoms with Crippen molar-refractivity contribution in [3.63, 3.8) is 0 Å². The first-order chi connectivity index (χ1) is 14.9. The Hall–Kier alpha value is -2.57. The number of rotatable bonds is 7. The second kappa shape index (κ2) is 8.89. The lowest BCUT2D eigenvalue weighted by molar-refractivity contribution is -0.158. The van der Waals surface area contributed by atoms with E-state index in [1.165, 1.54) is 25.7 Å². The topological polar surface area (TPSA) is 84.9 Å². The van der Waals surface area contributed by atoms with Gasteiger partial charge in [-0.15, -0.1) is 0 Å². The average molecular weight is 429 g/mol. The number of ether oxygens (including phenoxy) is 2. The van der Waals surface area contributed by atoms with E-state index in [1.807, 2.05) is 12.1 Å². The fraction of sp³-hybridized carbons (Fsp3) is 0.625. The summed E-state index contributed by atoms with van der Waals surface area (Å²) in [5, 5.41) is 3.05. The summed E-state index contributed by atoms with van der Waals surface area (Å²) in [4.78, 5) is 39.4. The summed E-state index contributed by atoms with van der Waals surface area (Å²) in [5.74, 6) is 1.08. The number of anilines is 1. The van der Waals surface area contributed by atoms with Crippen molar-refractivity contribution < 1.29 is 23.9 Å². The third kappa shape index (κ3) is 4.41. The molecule has 2 bridgehead atoms. The second-order valence-corrected chi connectivity index (χ2v) is 9.29. The minimum absolute atomic E-state index is 0.0623. The highest BCUT2D eigenvalue weighted by Crippen LogP contribution is 2.49. The first kappa shape index (κ1) is 21.7. The molecule has 31 heavy (non-hydrogen) atoms. The van der Waals surface area contributed by atoms with Crippen molar-refractivity contribution in [1.29, 1.82) is 0 Å². The van der Waals surface area contributed by atoms with Crippen molar-refractivity contribution in [3.05, 3.63) is 24.3 Å². The van der Waals surface area contributed by atoms with E-state index >= 15 is 0 Å². The lowest BCUT2D eigenvalue weighted by Crippen LogP contribution is -2.45. The number of methoxy groups -OCH3 is 1. The number of nitrogens with one attached hydrogen (secondary N) is 1. The third-order valence-electron chi connectivity index (χ3n) is 7.30. The summed E-state index contributed by atoms with van der Waals surface area (Å²) in [6.07, 6.45) is 4.23. The molecule has 7 nitrogen and oxygen atoms in total. The maximum atomic E-state index is 12.7. The number of esters is 1. The monoisotopic (exact) mass is 428 g/mol. The number of carbonyl (C=O) groups excluding carboxylic acids is 3. The first-order valence-corrected chi connectivity index (χ1v) is 11.3. The quantitative estimate of drug-likeness (QED) is 0.675. The Morgan fingerprint density at radius 3 is 2.61 bits per heavy atom. The molecule has 4 rings (SSSR count). The molecule has 1 saturated heterocycles. The SMILES string of the molecule is COc1ccccc1N1C[C@H](C(=O)O[C@H](C)C(=O)N[C@H](C)[C@H]2C[C@H]3CC[C@H]2C3)CC1=O. The van der Waals surface area contributed by atoms with E-state index in [-0.39, 0.29) is 30.8 Å². The van der Waals surface area contributed by atoms with Crippen molar-refractivity contribution in [2.45, 2.75) is 58.1 Å². The first-order valence-electron chi connectivity index (χ1n) is 11.3. The Labute approximate surface area is 183 Å². The van der Waals surface area contributed by atoms with Gasteiger partial charge in [0.15, 0.2) is 6.10 Å². The Balaban J connectivity index is 1.30. The minimum Gasteiger partial charge on any atom is -0.495 e. The molecule has 1 aromatic carbocycles. The van der Waals surface area contributed by atoms with Crippen LogP contribution in [0.1, 0.15) is 46.0 Å². The van der Waals surface area contributed by atoms with Gasteiger partial charge in [0.05, 0.1) is 18.7 Å². The highest BCUT2D eigenvalue weighted by atomic mass is 16.5. The summed E-state index contributed by atoms with van der Waals surface area (Å²) >= 11 is 0. The van der Waals surface area contributed by atoms with E-state index in [9.17, 15) is 14.4 Å². The molecule has 3 aliphatic rings. The summed E-state index contributed by atoms with van der Waals surface area (Å²) < 4.78 is 10.8. The van der Waals surface area contributed by atoms with Crippen LogP contribution in [0.15, 0.2) is 24.3 Å². The molecule has 1 aromatic rings. The van der Waals surface area contributed by atoms with Crippen molar-refractivity contribution in [2.24, 2.45) is 23.7 Å². The van der Waals surface area contributed by atoms with Crippen molar-refractivity contribution >= 4 is 23.5 Å². The summed E-state index contributed by atoms with van der Waals surface area (Å²) in [6.45, 7) is 3.86. The Morgan fingerprint density at radius 2 is 1.94 bits per heavy atom. The zero-order valence-corrected chi connectivity index (χ0v) is 18.5. The van der Waals surface area contributed by atoms with Gasteiger partial charge in [-0.25, -0.2) is 0 Å². The van der Waals surface area contributed by atoms with Gasteiger partial charge in [0, 0.05) is 19.0 Å². The van der Waals surface area contributed by atoms with Crippen LogP contribution in [0.3, 0.4) is 0 Å². The van der Waals surface area contributed by atoms with Crippen LogP contribution in [0.25, 0.3) is 0 Å². The lowest BCUT2D eigenvalue weighted by atomic mass is 9.84. The highest BCUT2D eigenvalue weighted by molar-refractivity contribution is 6.00. The standard InChI is InChI=1S/C24H32N2O5/c1-14(19-11-16-8-9-17(19)10-16)25-23(28)15(2)31-24(29)18-12-22(27)26(13-18)20-6-4-5-7-21(20)30-3/h4-7,14-19H,8-13H2,1-3H3,(H,25,28)/t14-,15-,16+,17+,18-,19-/m1/s1. The van der Waals surface area contributed by atoms with Crippen LogP contribution in [0.5, 0.6) is 5.75 Å². The fourth-order valence-electron chi connectivity index (χ4n) is 5.63. The van der Waals surface area contributed by atoms with Crippen LogP contribution < -0.4 is 15.0 Å². The number of nitrogens with zero attached hydrogens (tertiary/aromatic N) is 1. The van der Waals surface area contributed by atoms with E-state index in [0.29, 0.717) is 23.3 Å². The zero-order valence-electron chi connectivity index (χ0n) is 18.5. The largest absolute Gasteiger partial charge is 0.495 e. The van der Waals surface area contributed by atoms with Gasteiger partial charge >= 0.3 is 5.97 Å². The molecule has 0 spiro atoms. The number of carbonyl (C=O) groups is 3. The minimum atomic E-state index is -0.885. The van der Waals surface area contributed by atoms with Gasteiger partial charge in [-0.3, -0.25) is 14.4 Å². The smallest absolute Gasteiger partial charge is 0.312 e. The van der Waals surface area contributed by atoms with Gasteiger partial charge < -0.3 is 19.7 Å². The predicted octanol–water partition coefficient (Wildman–Crippen LogP) is 2.92. The van der Waals surface area contributed by atoms with Crippen molar-refractivity contribution in [1.82, 2.24) is 5.32 Å². The molecular formula is C24H32N2O5. The Bertz CT molecular complexity index is 856. The zero-order chi connectivity index (χ0) is 22.1. The van der Waals surface area contributed by atoms with E-state index in [1.54, 1.807) is 31.1 Å². The molecule has 0 aromatic heterocycles. The highest BCUT2D eigenvalue weighted by Gasteiger charge is 2.43. The van der Waals surface area contributed by atoms with Crippen LogP contribution >= 0.6 is 0 Å². The summed E-state index contributed by atoms with van der Waals surface area (Å²) in [6, 6.07) is 7.29. The van der Waals surface area contributed by atoms with Crippen LogP contribution in [-0.2, 0) is 19.1 Å². The van der Waals surface area contributed by atoms with Crippen molar-refractivity contribution in [3.8, 4) is 5.75 Å². The summed E-state index contributed by atoms with van der Waals surface area (Å²) in [7, 11) is 1.54. The molecule has 168 valence electrons. The van der Waals surface area contributed by atoms with Gasteiger partial charge in [0.2, 0.25) is 5.91 Å². The Kier molecular flexibility index (Phi) is 6.21. The van der Waals surface area contributed by atoms with Gasteiger partial charge in [-0.05, 0) is 63.0 Å². The summed E-state index contributed by atoms with van der Waals surface area (Å²) in [5.41, 5.74) is 0.635. The maximum absolute atomic E-state index is 12.7. The molecular weight excluding hydrogens is 396 g/mol. The molecule has 2 saturated carbocycles. The molecule has 0 unspecified atom stereocenters. The second-order valence-electron chi connectivity index (χ2n) is 9.29. The third-order valence-corrected chi connectivity index (χ3v) is 7.30. The molecule has 2 amide bonds. The molecule has 0 radical (unpaired) electrons. The molecule has 7 heteroatoms. The number of fused-ring (bicyclic) bond motifs is 2. The molecule has 3 fully saturated rings. The molecule has 2 aliphatic carbocycles. The normalized spacial score (nSPS) is 29.0.